The van der Waals surface area contributed by atoms with Gasteiger partial charge >= 0.3 is 0 Å². The second-order valence-electron chi connectivity index (χ2n) is 4.32. The first kappa shape index (κ1) is 11.9. The number of benzene rings is 1. The van der Waals surface area contributed by atoms with E-state index in [1.807, 2.05) is 24.3 Å². The fraction of sp³-hybridized carbons (Fsp3) is 0.462. The third-order valence-electron chi connectivity index (χ3n) is 2.92. The molecule has 92 valence electrons. The average Bonchev–Trinajstić information content (AvgIpc) is 2.76. The number of hydrogen-bond acceptors (Lipinski definition) is 3. The quantitative estimate of drug-likeness (QED) is 0.717. The topological polar surface area (TPSA) is 66.7 Å². The number of para-hydroxylation sites is 2. The minimum absolute atomic E-state index is 0.301. The maximum atomic E-state index is 5.75. The van der Waals surface area contributed by atoms with E-state index in [1.54, 1.807) is 0 Å². The Labute approximate surface area is 102 Å². The second kappa shape index (κ2) is 5.68. The number of rotatable bonds is 6. The van der Waals surface area contributed by atoms with E-state index in [1.165, 1.54) is 12.8 Å². The smallest absolute Gasteiger partial charge is 0.201 e. The number of nitrogens with zero attached hydrogens (tertiary/aromatic N) is 1. The van der Waals surface area contributed by atoms with E-state index in [0.717, 1.165) is 23.4 Å². The summed E-state index contributed by atoms with van der Waals surface area (Å²) in [6, 6.07) is 8.32. The first-order chi connectivity index (χ1) is 8.33. The molecule has 0 radical (unpaired) electrons. The molecule has 4 N–H and O–H groups in total. The molecule has 0 saturated heterocycles. The molecule has 4 nitrogen and oxygen atoms in total. The molecular formula is C13H20N4. The molecule has 1 aromatic carbocycles. The molecule has 0 spiro atoms. The molecule has 2 aromatic rings. The number of fused-ring (bicyclic) bond motifs is 1. The lowest BCUT2D eigenvalue weighted by Gasteiger charge is -2.15. The predicted octanol–water partition coefficient (Wildman–Crippen LogP) is 2.49. The van der Waals surface area contributed by atoms with E-state index in [-0.39, 0.29) is 0 Å². The van der Waals surface area contributed by atoms with E-state index in [9.17, 15) is 0 Å². The minimum Gasteiger partial charge on any atom is -0.352 e. The van der Waals surface area contributed by atoms with Gasteiger partial charge in [-0.3, -0.25) is 0 Å². The average molecular weight is 232 g/mol. The highest BCUT2D eigenvalue weighted by molar-refractivity contribution is 5.77. The minimum atomic E-state index is 0.301. The Morgan fingerprint density at radius 3 is 2.94 bits per heavy atom. The molecule has 1 heterocycles. The van der Waals surface area contributed by atoms with Crippen LogP contribution in [0.15, 0.2) is 24.3 Å². The summed E-state index contributed by atoms with van der Waals surface area (Å²) >= 11 is 0. The van der Waals surface area contributed by atoms with Gasteiger partial charge in [0.15, 0.2) is 0 Å². The normalized spacial score (nSPS) is 12.8. The van der Waals surface area contributed by atoms with Gasteiger partial charge < -0.3 is 16.0 Å². The molecule has 1 atom stereocenters. The number of nitrogens with one attached hydrogen (secondary N) is 2. The number of hydrogen-bond donors (Lipinski definition) is 3. The highest BCUT2D eigenvalue weighted by Crippen LogP contribution is 2.14. The zero-order valence-corrected chi connectivity index (χ0v) is 10.2. The van der Waals surface area contributed by atoms with Crippen LogP contribution in [-0.4, -0.2) is 22.6 Å². The molecule has 2 rings (SSSR count). The third kappa shape index (κ3) is 2.97. The highest BCUT2D eigenvalue weighted by atomic mass is 15.1. The van der Waals surface area contributed by atoms with Crippen LogP contribution in [0.3, 0.4) is 0 Å². The zero-order chi connectivity index (χ0) is 12.1. The summed E-state index contributed by atoms with van der Waals surface area (Å²) in [5, 5.41) is 3.36. The van der Waals surface area contributed by atoms with Crippen LogP contribution < -0.4 is 11.1 Å². The van der Waals surface area contributed by atoms with E-state index >= 15 is 0 Å². The lowest BCUT2D eigenvalue weighted by molar-refractivity contribution is 0.611. The highest BCUT2D eigenvalue weighted by Gasteiger charge is 2.08. The Morgan fingerprint density at radius 2 is 2.24 bits per heavy atom. The van der Waals surface area contributed by atoms with Crippen LogP contribution in [0.4, 0.5) is 5.95 Å². The number of aromatic amines is 1. The van der Waals surface area contributed by atoms with Crippen molar-refractivity contribution in [2.24, 2.45) is 5.73 Å². The molecule has 1 unspecified atom stereocenters. The fourth-order valence-electron chi connectivity index (χ4n) is 1.91. The van der Waals surface area contributed by atoms with Gasteiger partial charge in [-0.15, -0.1) is 0 Å². The van der Waals surface area contributed by atoms with Crippen molar-refractivity contribution in [1.82, 2.24) is 9.97 Å². The molecule has 1 aromatic heterocycles. The summed E-state index contributed by atoms with van der Waals surface area (Å²) in [6.07, 6.45) is 3.47. The molecule has 0 aliphatic rings. The summed E-state index contributed by atoms with van der Waals surface area (Å²) < 4.78 is 0. The van der Waals surface area contributed by atoms with Crippen LogP contribution in [0.25, 0.3) is 11.0 Å². The molecular weight excluding hydrogens is 212 g/mol. The van der Waals surface area contributed by atoms with Crippen LogP contribution in [0.1, 0.15) is 26.2 Å². The van der Waals surface area contributed by atoms with Crippen molar-refractivity contribution in [1.29, 1.82) is 0 Å². The van der Waals surface area contributed by atoms with Crippen molar-refractivity contribution in [2.75, 3.05) is 11.9 Å². The third-order valence-corrected chi connectivity index (χ3v) is 2.92. The molecule has 0 aliphatic heterocycles. The van der Waals surface area contributed by atoms with E-state index in [0.29, 0.717) is 12.6 Å². The van der Waals surface area contributed by atoms with Gasteiger partial charge in [0.25, 0.3) is 0 Å². The lowest BCUT2D eigenvalue weighted by atomic mass is 10.1. The van der Waals surface area contributed by atoms with Crippen molar-refractivity contribution >= 4 is 17.0 Å². The Kier molecular flexibility index (Phi) is 3.98. The number of imidazole rings is 1. The Balaban J connectivity index is 2.06. The second-order valence-corrected chi connectivity index (χ2v) is 4.32. The summed E-state index contributed by atoms with van der Waals surface area (Å²) in [6.45, 7) is 2.83. The lowest BCUT2D eigenvalue weighted by Crippen LogP contribution is -2.29. The van der Waals surface area contributed by atoms with Crippen molar-refractivity contribution in [3.63, 3.8) is 0 Å². The van der Waals surface area contributed by atoms with Gasteiger partial charge in [-0.1, -0.05) is 31.9 Å². The molecule has 0 saturated carbocycles. The molecule has 4 heteroatoms. The van der Waals surface area contributed by atoms with Gasteiger partial charge in [0.2, 0.25) is 5.95 Å². The first-order valence-electron chi connectivity index (χ1n) is 6.25. The fourth-order valence-corrected chi connectivity index (χ4v) is 1.91. The van der Waals surface area contributed by atoms with Gasteiger partial charge in [-0.2, -0.15) is 0 Å². The van der Waals surface area contributed by atoms with E-state index < -0.39 is 0 Å². The molecule has 0 aliphatic carbocycles. The molecule has 0 amide bonds. The van der Waals surface area contributed by atoms with Crippen LogP contribution in [-0.2, 0) is 0 Å². The number of nitrogens with two attached hydrogens (primary N) is 1. The number of H-pyrrole nitrogens is 1. The van der Waals surface area contributed by atoms with Crippen molar-refractivity contribution in [3.8, 4) is 0 Å². The van der Waals surface area contributed by atoms with Gasteiger partial charge in [-0.05, 0) is 18.6 Å². The summed E-state index contributed by atoms with van der Waals surface area (Å²) in [5.74, 6) is 0.817. The maximum absolute atomic E-state index is 5.75. The molecule has 0 bridgehead atoms. The summed E-state index contributed by atoms with van der Waals surface area (Å²) in [7, 11) is 0. The monoisotopic (exact) mass is 232 g/mol. The van der Waals surface area contributed by atoms with E-state index in [2.05, 4.69) is 22.2 Å². The molecule has 17 heavy (non-hydrogen) atoms. The van der Waals surface area contributed by atoms with Crippen molar-refractivity contribution < 1.29 is 0 Å². The Hall–Kier alpha value is -1.55. The van der Waals surface area contributed by atoms with Gasteiger partial charge in [0.1, 0.15) is 0 Å². The largest absolute Gasteiger partial charge is 0.352 e. The SMILES string of the molecule is CCCCC(CN)Nc1nc2ccccc2[nH]1. The van der Waals surface area contributed by atoms with Gasteiger partial charge in [-0.25, -0.2) is 4.98 Å². The Bertz CT molecular complexity index is 430. The first-order valence-corrected chi connectivity index (χ1v) is 6.25. The van der Waals surface area contributed by atoms with Crippen LogP contribution in [0.5, 0.6) is 0 Å². The van der Waals surface area contributed by atoms with Gasteiger partial charge in [0.05, 0.1) is 11.0 Å². The zero-order valence-electron chi connectivity index (χ0n) is 10.2. The van der Waals surface area contributed by atoms with Crippen LogP contribution >= 0.6 is 0 Å². The predicted molar refractivity (Wildman–Crippen MR) is 72.1 cm³/mol. The van der Waals surface area contributed by atoms with Crippen LogP contribution in [0, 0.1) is 0 Å². The molecule has 0 fully saturated rings. The standard InChI is InChI=1S/C13H20N4/c1-2-3-6-10(9-14)15-13-16-11-7-4-5-8-12(11)17-13/h4-5,7-8,10H,2-3,6,9,14H2,1H3,(H2,15,16,17). The summed E-state index contributed by atoms with van der Waals surface area (Å²) in [5.41, 5.74) is 7.80. The number of anilines is 1. The van der Waals surface area contributed by atoms with Crippen molar-refractivity contribution in [2.45, 2.75) is 32.2 Å². The summed E-state index contributed by atoms with van der Waals surface area (Å²) in [4.78, 5) is 7.75. The number of aromatic nitrogens is 2. The maximum Gasteiger partial charge on any atom is 0.201 e. The van der Waals surface area contributed by atoms with E-state index in [4.69, 9.17) is 5.73 Å². The Morgan fingerprint density at radius 1 is 1.41 bits per heavy atom. The van der Waals surface area contributed by atoms with Crippen LogP contribution in [0.2, 0.25) is 0 Å². The van der Waals surface area contributed by atoms with Gasteiger partial charge in [0, 0.05) is 12.6 Å². The number of unbranched alkanes of at least 4 members (excludes halogenated alkanes) is 1. The van der Waals surface area contributed by atoms with Crippen molar-refractivity contribution in [3.05, 3.63) is 24.3 Å².